The first-order chi connectivity index (χ1) is 12.7. The highest BCUT2D eigenvalue weighted by molar-refractivity contribution is 6.08. The van der Waals surface area contributed by atoms with Gasteiger partial charge in [0.2, 0.25) is 0 Å². The lowest BCUT2D eigenvalue weighted by atomic mass is 10.1. The Bertz CT molecular complexity index is 1070. The molecule has 0 aliphatic carbocycles. The summed E-state index contributed by atoms with van der Waals surface area (Å²) in [5.41, 5.74) is 5.15. The Labute approximate surface area is 153 Å². The van der Waals surface area contributed by atoms with Crippen molar-refractivity contribution >= 4 is 38.9 Å². The van der Waals surface area contributed by atoms with Crippen LogP contribution >= 0.6 is 0 Å². The third kappa shape index (κ3) is 2.90. The number of ether oxygens (including phenoxy) is 1. The maximum Gasteiger partial charge on any atom is 0.121 e. The predicted octanol–water partition coefficient (Wildman–Crippen LogP) is 5.21. The van der Waals surface area contributed by atoms with E-state index in [4.69, 9.17) is 9.72 Å². The first-order valence-electron chi connectivity index (χ1n) is 8.56. The fraction of sp³-hybridized carbons (Fsp3) is 0.136. The zero-order valence-electron chi connectivity index (χ0n) is 15.2. The summed E-state index contributed by atoms with van der Waals surface area (Å²) in [6.07, 6.45) is 0. The summed E-state index contributed by atoms with van der Waals surface area (Å²) < 4.78 is 5.36. The number of pyridine rings is 1. The van der Waals surface area contributed by atoms with Gasteiger partial charge in [0.15, 0.2) is 0 Å². The number of anilines is 3. The Morgan fingerprint density at radius 2 is 1.58 bits per heavy atom. The van der Waals surface area contributed by atoms with E-state index in [1.165, 1.54) is 5.69 Å². The van der Waals surface area contributed by atoms with Gasteiger partial charge in [0.25, 0.3) is 0 Å². The van der Waals surface area contributed by atoms with Gasteiger partial charge in [0.1, 0.15) is 5.75 Å². The van der Waals surface area contributed by atoms with Crippen LogP contribution in [0.4, 0.5) is 17.1 Å². The Morgan fingerprint density at radius 3 is 2.31 bits per heavy atom. The van der Waals surface area contributed by atoms with Crippen LogP contribution < -0.4 is 15.0 Å². The van der Waals surface area contributed by atoms with Crippen molar-refractivity contribution < 1.29 is 4.74 Å². The lowest BCUT2D eigenvalue weighted by molar-refractivity contribution is 0.415. The molecule has 4 rings (SSSR count). The van der Waals surface area contributed by atoms with E-state index in [-0.39, 0.29) is 0 Å². The second-order valence-electron chi connectivity index (χ2n) is 6.45. The summed E-state index contributed by atoms with van der Waals surface area (Å²) in [7, 11) is 5.76. The molecule has 4 aromatic rings. The molecule has 0 aliphatic rings. The van der Waals surface area contributed by atoms with Gasteiger partial charge in [-0.15, -0.1) is 0 Å². The fourth-order valence-corrected chi connectivity index (χ4v) is 3.12. The van der Waals surface area contributed by atoms with Crippen molar-refractivity contribution in [2.75, 3.05) is 31.4 Å². The quantitative estimate of drug-likeness (QED) is 0.516. The van der Waals surface area contributed by atoms with Gasteiger partial charge in [0, 0.05) is 42.3 Å². The number of hydrogen-bond donors (Lipinski definition) is 1. The number of nitrogens with one attached hydrogen (secondary N) is 1. The molecule has 4 nitrogen and oxygen atoms in total. The summed E-state index contributed by atoms with van der Waals surface area (Å²) in [5.74, 6) is 0.807. The molecule has 0 unspecified atom stereocenters. The summed E-state index contributed by atoms with van der Waals surface area (Å²) in [5, 5.41) is 5.76. The molecule has 4 heteroatoms. The molecule has 0 saturated carbocycles. The van der Waals surface area contributed by atoms with Crippen molar-refractivity contribution in [1.82, 2.24) is 4.98 Å². The highest BCUT2D eigenvalue weighted by Gasteiger charge is 2.10. The van der Waals surface area contributed by atoms with Gasteiger partial charge in [0.05, 0.1) is 23.8 Å². The van der Waals surface area contributed by atoms with Crippen LogP contribution in [0.15, 0.2) is 66.7 Å². The van der Waals surface area contributed by atoms with E-state index in [0.29, 0.717) is 0 Å². The van der Waals surface area contributed by atoms with E-state index in [2.05, 4.69) is 46.6 Å². The molecule has 0 spiro atoms. The zero-order valence-corrected chi connectivity index (χ0v) is 15.2. The van der Waals surface area contributed by atoms with Crippen LogP contribution in [0.1, 0.15) is 0 Å². The number of rotatable bonds is 4. The monoisotopic (exact) mass is 343 g/mol. The minimum atomic E-state index is 0.807. The van der Waals surface area contributed by atoms with E-state index < -0.39 is 0 Å². The smallest absolute Gasteiger partial charge is 0.121 e. The molecule has 1 aromatic heterocycles. The Kier molecular flexibility index (Phi) is 4.09. The minimum absolute atomic E-state index is 0.807. The first kappa shape index (κ1) is 16.2. The van der Waals surface area contributed by atoms with Crippen molar-refractivity contribution in [3.63, 3.8) is 0 Å². The summed E-state index contributed by atoms with van der Waals surface area (Å²) in [6.45, 7) is 0. The van der Waals surface area contributed by atoms with Crippen molar-refractivity contribution in [1.29, 1.82) is 0 Å². The average molecular weight is 343 g/mol. The molecule has 0 saturated heterocycles. The number of nitrogens with zero attached hydrogens (tertiary/aromatic N) is 2. The lowest BCUT2D eigenvalue weighted by Crippen LogP contribution is -2.08. The van der Waals surface area contributed by atoms with Crippen molar-refractivity contribution in [3.8, 4) is 5.75 Å². The number of hydrogen-bond acceptors (Lipinski definition) is 4. The fourth-order valence-electron chi connectivity index (χ4n) is 3.12. The third-order valence-corrected chi connectivity index (χ3v) is 4.54. The van der Waals surface area contributed by atoms with Crippen LogP contribution in [-0.2, 0) is 0 Å². The van der Waals surface area contributed by atoms with Crippen LogP contribution in [0, 0.1) is 0 Å². The predicted molar refractivity (Wildman–Crippen MR) is 110 cm³/mol. The Morgan fingerprint density at radius 1 is 0.846 bits per heavy atom. The van der Waals surface area contributed by atoms with Gasteiger partial charge >= 0.3 is 0 Å². The van der Waals surface area contributed by atoms with Crippen molar-refractivity contribution in [2.24, 2.45) is 0 Å². The molecule has 3 aromatic carbocycles. The van der Waals surface area contributed by atoms with E-state index in [0.717, 1.165) is 38.9 Å². The van der Waals surface area contributed by atoms with Gasteiger partial charge in [-0.3, -0.25) is 0 Å². The second kappa shape index (κ2) is 6.56. The molecular weight excluding hydrogens is 322 g/mol. The van der Waals surface area contributed by atoms with Crippen LogP contribution in [0.5, 0.6) is 5.75 Å². The van der Waals surface area contributed by atoms with Crippen LogP contribution in [0.3, 0.4) is 0 Å². The molecule has 0 fully saturated rings. The molecule has 0 radical (unpaired) electrons. The minimum Gasteiger partial charge on any atom is -0.497 e. The van der Waals surface area contributed by atoms with Gasteiger partial charge in [-0.05, 0) is 42.5 Å². The van der Waals surface area contributed by atoms with E-state index in [1.807, 2.05) is 44.4 Å². The summed E-state index contributed by atoms with van der Waals surface area (Å²) in [4.78, 5) is 6.89. The molecule has 1 N–H and O–H groups in total. The number of para-hydroxylation sites is 1. The van der Waals surface area contributed by atoms with Crippen LogP contribution in [0.25, 0.3) is 21.8 Å². The van der Waals surface area contributed by atoms with Crippen LogP contribution in [0.2, 0.25) is 0 Å². The van der Waals surface area contributed by atoms with Gasteiger partial charge in [-0.2, -0.15) is 0 Å². The Hall–Kier alpha value is -3.27. The molecule has 0 amide bonds. The maximum absolute atomic E-state index is 5.36. The number of benzene rings is 3. The largest absolute Gasteiger partial charge is 0.497 e. The molecular formula is C22H21N3O. The highest BCUT2D eigenvalue weighted by atomic mass is 16.5. The maximum atomic E-state index is 5.36. The summed E-state index contributed by atoms with van der Waals surface area (Å²) >= 11 is 0. The van der Waals surface area contributed by atoms with E-state index >= 15 is 0 Å². The summed E-state index contributed by atoms with van der Waals surface area (Å²) in [6, 6.07) is 22.6. The lowest BCUT2D eigenvalue weighted by Gasteiger charge is -2.16. The normalized spacial score (nSPS) is 10.9. The molecule has 130 valence electrons. The third-order valence-electron chi connectivity index (χ3n) is 4.54. The molecule has 26 heavy (non-hydrogen) atoms. The van der Waals surface area contributed by atoms with Gasteiger partial charge in [-0.25, -0.2) is 4.98 Å². The second-order valence-corrected chi connectivity index (χ2v) is 6.45. The number of fused-ring (bicyclic) bond motifs is 2. The zero-order chi connectivity index (χ0) is 18.1. The standard InChI is InChI=1S/C22H21N3O/c1-25(2)16-10-8-15(9-11-16)23-22-18-6-4-5-7-20(18)24-21-14-17(26-3)12-13-19(21)22/h4-14H,1-3H3,(H,23,24). The van der Waals surface area contributed by atoms with Gasteiger partial charge in [-0.1, -0.05) is 18.2 Å². The van der Waals surface area contributed by atoms with Crippen LogP contribution in [-0.4, -0.2) is 26.2 Å². The first-order valence-corrected chi connectivity index (χ1v) is 8.56. The van der Waals surface area contributed by atoms with Crippen molar-refractivity contribution in [2.45, 2.75) is 0 Å². The molecule has 0 atom stereocenters. The topological polar surface area (TPSA) is 37.4 Å². The SMILES string of the molecule is COc1ccc2c(Nc3ccc(N(C)C)cc3)c3ccccc3nc2c1. The van der Waals surface area contributed by atoms with Gasteiger partial charge < -0.3 is 15.0 Å². The molecule has 0 aliphatic heterocycles. The number of aromatic nitrogens is 1. The highest BCUT2D eigenvalue weighted by Crippen LogP contribution is 2.34. The number of methoxy groups -OCH3 is 1. The molecule has 0 bridgehead atoms. The van der Waals surface area contributed by atoms with E-state index in [1.54, 1.807) is 7.11 Å². The molecule has 1 heterocycles. The average Bonchev–Trinajstić information content (AvgIpc) is 2.67. The Balaban J connectivity index is 1.87. The van der Waals surface area contributed by atoms with E-state index in [9.17, 15) is 0 Å². The van der Waals surface area contributed by atoms with Crippen molar-refractivity contribution in [3.05, 3.63) is 66.7 Å².